The van der Waals surface area contributed by atoms with E-state index in [2.05, 4.69) is 10.3 Å². The molecule has 0 bridgehead atoms. The van der Waals surface area contributed by atoms with Crippen molar-refractivity contribution in [3.05, 3.63) is 71.4 Å². The molecule has 3 N–H and O–H groups in total. The molecule has 0 unspecified atom stereocenters. The van der Waals surface area contributed by atoms with Gasteiger partial charge in [0.2, 0.25) is 0 Å². The Labute approximate surface area is 130 Å². The van der Waals surface area contributed by atoms with Gasteiger partial charge >= 0.3 is 0 Å². The summed E-state index contributed by atoms with van der Waals surface area (Å²) in [6.07, 6.45) is 1.81. The van der Waals surface area contributed by atoms with Gasteiger partial charge < -0.3 is 10.4 Å². The van der Waals surface area contributed by atoms with Crippen molar-refractivity contribution < 1.29 is 8.78 Å². The number of hydrogen-bond acceptors (Lipinski definition) is 2. The molecule has 116 valence electrons. The number of benzene rings is 2. The van der Waals surface area contributed by atoms with Crippen LogP contribution >= 0.6 is 0 Å². The van der Waals surface area contributed by atoms with Crippen molar-refractivity contribution >= 4 is 16.7 Å². The molecule has 0 spiro atoms. The van der Waals surface area contributed by atoms with E-state index in [1.807, 2.05) is 22.9 Å². The molecule has 1 aromatic heterocycles. The van der Waals surface area contributed by atoms with Gasteiger partial charge in [0.1, 0.15) is 11.6 Å². The topological polar surface area (TPSA) is 79.5 Å². The first-order chi connectivity index (χ1) is 11.1. The number of halogens is 2. The summed E-state index contributed by atoms with van der Waals surface area (Å²) in [5.74, 6) is 3.74. The lowest BCUT2D eigenvalue weighted by atomic mass is 10.1. The molecular weight excluding hydrogens is 300 g/mol. The van der Waals surface area contributed by atoms with E-state index in [0.29, 0.717) is 11.1 Å². The Morgan fingerprint density at radius 3 is 2.70 bits per heavy atom. The number of nitrogens with one attached hydrogen (secondary N) is 1. The quantitative estimate of drug-likeness (QED) is 0.250. The molecule has 0 fully saturated rings. The van der Waals surface area contributed by atoms with Crippen LogP contribution in [0.15, 0.2) is 59.0 Å². The first kappa shape index (κ1) is 14.8. The van der Waals surface area contributed by atoms with Crippen LogP contribution < -0.4 is 5.84 Å². The number of amidine groups is 1. The minimum absolute atomic E-state index is 0.0354. The molecule has 3 rings (SSSR count). The Hall–Kier alpha value is -3.09. The minimum atomic E-state index is -0.596. The zero-order chi connectivity index (χ0) is 16.4. The summed E-state index contributed by atoms with van der Waals surface area (Å²) in [7, 11) is 0. The summed E-state index contributed by atoms with van der Waals surface area (Å²) in [5, 5.41) is 15.2. The van der Waals surface area contributed by atoms with Crippen molar-refractivity contribution in [3.63, 3.8) is 0 Å². The zero-order valence-corrected chi connectivity index (χ0v) is 12.0. The van der Waals surface area contributed by atoms with Gasteiger partial charge in [0, 0.05) is 34.3 Å². The number of nitrogens with two attached hydrogens (primary N) is 1. The highest BCUT2D eigenvalue weighted by molar-refractivity contribution is 6.00. The Bertz CT molecular complexity index is 914. The van der Waals surface area contributed by atoms with E-state index < -0.39 is 11.6 Å². The maximum absolute atomic E-state index is 13.8. The molecule has 0 amide bonds. The van der Waals surface area contributed by atoms with Crippen LogP contribution in [-0.2, 0) is 6.54 Å². The van der Waals surface area contributed by atoms with Crippen molar-refractivity contribution in [1.82, 2.24) is 4.57 Å². The maximum Gasteiger partial charge on any atom is 0.176 e. The third-order valence-corrected chi connectivity index (χ3v) is 3.56. The number of rotatable bonds is 3. The monoisotopic (exact) mass is 313 g/mol. The SMILES string of the molecule is N=C(N=NN)c1ccc2c(ccn2Cc2ccc(F)cc2F)c1. The van der Waals surface area contributed by atoms with Crippen LogP contribution in [-0.4, -0.2) is 10.4 Å². The predicted octanol–water partition coefficient (Wildman–Crippen LogP) is 3.62. The fraction of sp³-hybridized carbons (Fsp3) is 0.0625. The lowest BCUT2D eigenvalue weighted by Crippen LogP contribution is -2.01. The molecule has 1 heterocycles. The third-order valence-electron chi connectivity index (χ3n) is 3.56. The average molecular weight is 313 g/mol. The molecule has 0 atom stereocenters. The van der Waals surface area contributed by atoms with Crippen molar-refractivity contribution in [2.24, 2.45) is 16.2 Å². The van der Waals surface area contributed by atoms with Crippen LogP contribution in [0.4, 0.5) is 8.78 Å². The van der Waals surface area contributed by atoms with E-state index in [9.17, 15) is 8.78 Å². The molecule has 0 aliphatic heterocycles. The van der Waals surface area contributed by atoms with E-state index >= 15 is 0 Å². The molecule has 0 aliphatic rings. The van der Waals surface area contributed by atoms with Crippen molar-refractivity contribution in [3.8, 4) is 0 Å². The molecular formula is C16H13F2N5. The van der Waals surface area contributed by atoms with Gasteiger partial charge in [-0.3, -0.25) is 5.41 Å². The van der Waals surface area contributed by atoms with Crippen LogP contribution in [0.2, 0.25) is 0 Å². The molecule has 2 aromatic carbocycles. The van der Waals surface area contributed by atoms with Gasteiger partial charge in [-0.05, 0) is 30.3 Å². The van der Waals surface area contributed by atoms with Crippen LogP contribution in [0, 0.1) is 17.0 Å². The van der Waals surface area contributed by atoms with Crippen LogP contribution in [0.1, 0.15) is 11.1 Å². The van der Waals surface area contributed by atoms with E-state index in [-0.39, 0.29) is 12.4 Å². The van der Waals surface area contributed by atoms with Crippen LogP contribution in [0.25, 0.3) is 10.9 Å². The first-order valence-electron chi connectivity index (χ1n) is 6.81. The van der Waals surface area contributed by atoms with Gasteiger partial charge in [0.15, 0.2) is 5.84 Å². The number of hydrogen-bond donors (Lipinski definition) is 2. The largest absolute Gasteiger partial charge is 0.343 e. The number of fused-ring (bicyclic) bond motifs is 1. The summed E-state index contributed by atoms with van der Waals surface area (Å²) < 4.78 is 28.6. The van der Waals surface area contributed by atoms with Gasteiger partial charge in [-0.15, -0.1) is 5.11 Å². The molecule has 0 saturated carbocycles. The normalized spacial score (nSPS) is 11.4. The summed E-state index contributed by atoms with van der Waals surface area (Å²) in [6.45, 7) is 0.287. The highest BCUT2D eigenvalue weighted by atomic mass is 19.1. The predicted molar refractivity (Wildman–Crippen MR) is 83.3 cm³/mol. The molecule has 3 aromatic rings. The Morgan fingerprint density at radius 2 is 1.96 bits per heavy atom. The third kappa shape index (κ3) is 2.94. The highest BCUT2D eigenvalue weighted by Gasteiger charge is 2.08. The average Bonchev–Trinajstić information content (AvgIpc) is 2.92. The molecule has 5 nitrogen and oxygen atoms in total. The van der Waals surface area contributed by atoms with Crippen LogP contribution in [0.3, 0.4) is 0 Å². The van der Waals surface area contributed by atoms with Crippen molar-refractivity contribution in [1.29, 1.82) is 5.41 Å². The number of aromatic nitrogens is 1. The van der Waals surface area contributed by atoms with Gasteiger partial charge in [0.05, 0.1) is 6.54 Å². The fourth-order valence-electron chi connectivity index (χ4n) is 2.43. The zero-order valence-electron chi connectivity index (χ0n) is 12.0. The lowest BCUT2D eigenvalue weighted by Gasteiger charge is -2.07. The first-order valence-corrected chi connectivity index (χ1v) is 6.81. The Kier molecular flexibility index (Phi) is 3.84. The second kappa shape index (κ2) is 5.96. The van der Waals surface area contributed by atoms with Gasteiger partial charge in [0.25, 0.3) is 0 Å². The molecule has 23 heavy (non-hydrogen) atoms. The summed E-state index contributed by atoms with van der Waals surface area (Å²) >= 11 is 0. The molecule has 0 radical (unpaired) electrons. The highest BCUT2D eigenvalue weighted by Crippen LogP contribution is 2.20. The number of nitrogens with zero attached hydrogens (tertiary/aromatic N) is 3. The Morgan fingerprint density at radius 1 is 1.13 bits per heavy atom. The van der Waals surface area contributed by atoms with Crippen molar-refractivity contribution in [2.75, 3.05) is 0 Å². The van der Waals surface area contributed by atoms with Crippen LogP contribution in [0.5, 0.6) is 0 Å². The minimum Gasteiger partial charge on any atom is -0.343 e. The van der Waals surface area contributed by atoms with E-state index in [1.165, 1.54) is 12.1 Å². The standard InChI is InChI=1S/C16H13F2N5/c17-13-3-1-12(14(18)8-13)9-23-6-5-10-7-11(2-4-15(10)23)16(19)21-22-20/h1-8H,9H2,(H3,19,20,21). The molecule has 7 heteroatoms. The molecule has 0 aliphatic carbocycles. The van der Waals surface area contributed by atoms with Crippen molar-refractivity contribution in [2.45, 2.75) is 6.54 Å². The van der Waals surface area contributed by atoms with E-state index in [0.717, 1.165) is 17.0 Å². The lowest BCUT2D eigenvalue weighted by molar-refractivity contribution is 0.567. The smallest absolute Gasteiger partial charge is 0.176 e. The Balaban J connectivity index is 1.95. The summed E-state index contributed by atoms with van der Waals surface area (Å²) in [4.78, 5) is 0. The molecule has 0 saturated heterocycles. The second-order valence-corrected chi connectivity index (χ2v) is 5.02. The van der Waals surface area contributed by atoms with Gasteiger partial charge in [-0.1, -0.05) is 11.3 Å². The van der Waals surface area contributed by atoms with Gasteiger partial charge in [-0.25, -0.2) is 8.78 Å². The van der Waals surface area contributed by atoms with E-state index in [4.69, 9.17) is 11.3 Å². The van der Waals surface area contributed by atoms with E-state index in [1.54, 1.807) is 12.1 Å². The fourth-order valence-corrected chi connectivity index (χ4v) is 2.43. The summed E-state index contributed by atoms with van der Waals surface area (Å²) in [6, 6.07) is 10.7. The van der Waals surface area contributed by atoms with Gasteiger partial charge in [-0.2, -0.15) is 0 Å². The summed E-state index contributed by atoms with van der Waals surface area (Å²) in [5.41, 5.74) is 1.85. The second-order valence-electron chi connectivity index (χ2n) is 5.02. The maximum atomic E-state index is 13.8.